The van der Waals surface area contributed by atoms with E-state index >= 15 is 0 Å². The monoisotopic (exact) mass is 362 g/mol. The number of ether oxygens (including phenoxy) is 2. The van der Waals surface area contributed by atoms with Crippen LogP contribution in [0.25, 0.3) is 6.08 Å². The van der Waals surface area contributed by atoms with E-state index in [1.54, 1.807) is 13.0 Å². The van der Waals surface area contributed by atoms with E-state index in [9.17, 15) is 14.9 Å². The van der Waals surface area contributed by atoms with Gasteiger partial charge in [-0.25, -0.2) is 9.59 Å². The lowest BCUT2D eigenvalue weighted by atomic mass is 10.1. The van der Waals surface area contributed by atoms with E-state index in [1.165, 1.54) is 17.4 Å². The van der Waals surface area contributed by atoms with Crippen LogP contribution in [0.5, 0.6) is 0 Å². The number of anilines is 1. The molecule has 0 unspecified atom stereocenters. The molecule has 0 aliphatic heterocycles. The molecule has 2 aromatic heterocycles. The van der Waals surface area contributed by atoms with E-state index in [-0.39, 0.29) is 34.2 Å². The van der Waals surface area contributed by atoms with Crippen LogP contribution < -0.4 is 5.73 Å². The summed E-state index contributed by atoms with van der Waals surface area (Å²) in [5, 5.41) is 13.2. The number of nitriles is 1. The van der Waals surface area contributed by atoms with E-state index in [0.29, 0.717) is 0 Å². The van der Waals surface area contributed by atoms with Gasteiger partial charge in [-0.3, -0.25) is 0 Å². The van der Waals surface area contributed by atoms with Gasteiger partial charge in [0.15, 0.2) is 0 Å². The average Bonchev–Trinajstić information content (AvgIpc) is 3.18. The van der Waals surface area contributed by atoms with Crippen molar-refractivity contribution in [2.75, 3.05) is 12.3 Å². The average molecular weight is 362 g/mol. The minimum absolute atomic E-state index is 0.137. The number of hydrogen-bond donors (Lipinski definition) is 1. The van der Waals surface area contributed by atoms with Gasteiger partial charge in [-0.1, -0.05) is 0 Å². The first-order valence-electron chi connectivity index (χ1n) is 6.92. The van der Waals surface area contributed by atoms with Gasteiger partial charge in [0.1, 0.15) is 22.6 Å². The number of carbonyl (C=O) groups is 2. The van der Waals surface area contributed by atoms with Crippen LogP contribution in [0.3, 0.4) is 0 Å². The van der Waals surface area contributed by atoms with Crippen molar-refractivity contribution in [3.05, 3.63) is 44.5 Å². The Balaban J connectivity index is 2.12. The molecule has 0 aromatic carbocycles. The van der Waals surface area contributed by atoms with Gasteiger partial charge in [-0.15, -0.1) is 11.3 Å². The summed E-state index contributed by atoms with van der Waals surface area (Å²) >= 11 is 2.47. The molecule has 2 N–H and O–H groups in total. The Kier molecular flexibility index (Phi) is 6.12. The molecule has 8 heteroatoms. The van der Waals surface area contributed by atoms with Gasteiger partial charge in [-0.2, -0.15) is 16.6 Å². The van der Waals surface area contributed by atoms with Crippen LogP contribution in [0.2, 0.25) is 0 Å². The number of rotatable bonds is 6. The molecule has 124 valence electrons. The second kappa shape index (κ2) is 8.29. The standard InChI is InChI=1S/C16H14N2O4S2/c1-2-21-16(20)14-12(11(7-17)15(18)24-14)8-22-13(19)4-3-10-5-6-23-9-10/h3-6,9H,2,8,18H2,1H3/b4-3+. The predicted octanol–water partition coefficient (Wildman–Crippen LogP) is 3.20. The Bertz CT molecular complexity index is 801. The van der Waals surface area contributed by atoms with Crippen LogP contribution in [-0.4, -0.2) is 18.5 Å². The maximum Gasteiger partial charge on any atom is 0.348 e. The SMILES string of the molecule is CCOC(=O)c1sc(N)c(C#N)c1COC(=O)/C=C/c1ccsc1. The molecule has 0 amide bonds. The van der Waals surface area contributed by atoms with Crippen molar-refractivity contribution < 1.29 is 19.1 Å². The van der Waals surface area contributed by atoms with E-state index in [4.69, 9.17) is 15.2 Å². The zero-order chi connectivity index (χ0) is 17.5. The van der Waals surface area contributed by atoms with Crippen LogP contribution in [0.1, 0.15) is 33.3 Å². The minimum Gasteiger partial charge on any atom is -0.462 e. The largest absolute Gasteiger partial charge is 0.462 e. The minimum atomic E-state index is -0.587. The van der Waals surface area contributed by atoms with Crippen LogP contribution in [-0.2, 0) is 20.9 Å². The number of thiophene rings is 2. The van der Waals surface area contributed by atoms with Crippen molar-refractivity contribution in [3.8, 4) is 6.07 Å². The van der Waals surface area contributed by atoms with Gasteiger partial charge in [0, 0.05) is 11.6 Å². The van der Waals surface area contributed by atoms with Gasteiger partial charge in [0.05, 0.1) is 12.2 Å². The smallest absolute Gasteiger partial charge is 0.348 e. The Morgan fingerprint density at radius 1 is 1.42 bits per heavy atom. The predicted molar refractivity (Wildman–Crippen MR) is 92.6 cm³/mol. The zero-order valence-corrected chi connectivity index (χ0v) is 14.4. The first-order valence-corrected chi connectivity index (χ1v) is 8.68. The molecular weight excluding hydrogens is 348 g/mol. The fourth-order valence-corrected chi connectivity index (χ4v) is 3.38. The molecule has 0 saturated carbocycles. The third kappa shape index (κ3) is 4.22. The second-order valence-corrected chi connectivity index (χ2v) is 6.31. The quantitative estimate of drug-likeness (QED) is 0.625. The van der Waals surface area contributed by atoms with Crippen molar-refractivity contribution in [1.29, 1.82) is 5.26 Å². The highest BCUT2D eigenvalue weighted by molar-refractivity contribution is 7.18. The number of carbonyl (C=O) groups excluding carboxylic acids is 2. The molecule has 0 fully saturated rings. The molecule has 0 bridgehead atoms. The number of nitrogen functional groups attached to an aromatic ring is 1. The summed E-state index contributed by atoms with van der Waals surface area (Å²) in [6.07, 6.45) is 2.91. The lowest BCUT2D eigenvalue weighted by Crippen LogP contribution is -2.08. The number of nitrogens with zero attached hydrogens (tertiary/aromatic N) is 1. The third-order valence-corrected chi connectivity index (χ3v) is 4.66. The van der Waals surface area contributed by atoms with Crippen LogP contribution in [0.4, 0.5) is 5.00 Å². The van der Waals surface area contributed by atoms with Crippen LogP contribution >= 0.6 is 22.7 Å². The van der Waals surface area contributed by atoms with E-state index in [1.807, 2.05) is 22.9 Å². The van der Waals surface area contributed by atoms with Crippen LogP contribution in [0, 0.1) is 11.3 Å². The number of hydrogen-bond acceptors (Lipinski definition) is 8. The maximum absolute atomic E-state index is 11.9. The van der Waals surface area contributed by atoms with Crippen molar-refractivity contribution in [1.82, 2.24) is 0 Å². The van der Waals surface area contributed by atoms with Gasteiger partial charge >= 0.3 is 11.9 Å². The van der Waals surface area contributed by atoms with Gasteiger partial charge < -0.3 is 15.2 Å². The summed E-state index contributed by atoms with van der Waals surface area (Å²) in [4.78, 5) is 23.9. The summed E-state index contributed by atoms with van der Waals surface area (Å²) in [6, 6.07) is 3.79. The topological polar surface area (TPSA) is 102 Å². The molecule has 6 nitrogen and oxygen atoms in total. The Hall–Kier alpha value is -2.63. The molecule has 0 saturated heterocycles. The Labute approximate surface area is 146 Å². The highest BCUT2D eigenvalue weighted by Gasteiger charge is 2.23. The summed E-state index contributed by atoms with van der Waals surface area (Å²) in [5.41, 5.74) is 7.05. The van der Waals surface area contributed by atoms with Crippen molar-refractivity contribution >= 4 is 45.7 Å². The molecular formula is C16H14N2O4S2. The molecule has 0 spiro atoms. The maximum atomic E-state index is 11.9. The number of nitrogens with two attached hydrogens (primary N) is 1. The van der Waals surface area contributed by atoms with Gasteiger partial charge in [0.2, 0.25) is 0 Å². The fourth-order valence-electron chi connectivity index (χ4n) is 1.83. The second-order valence-electron chi connectivity index (χ2n) is 4.48. The Morgan fingerprint density at radius 2 is 2.21 bits per heavy atom. The van der Waals surface area contributed by atoms with Crippen molar-refractivity contribution in [3.63, 3.8) is 0 Å². The highest BCUT2D eigenvalue weighted by atomic mass is 32.1. The van der Waals surface area contributed by atoms with E-state index in [0.717, 1.165) is 16.9 Å². The van der Waals surface area contributed by atoms with Crippen molar-refractivity contribution in [2.24, 2.45) is 0 Å². The lowest BCUT2D eigenvalue weighted by Gasteiger charge is -2.05. The normalized spacial score (nSPS) is 10.5. The first-order chi connectivity index (χ1) is 11.6. The van der Waals surface area contributed by atoms with Crippen molar-refractivity contribution in [2.45, 2.75) is 13.5 Å². The lowest BCUT2D eigenvalue weighted by molar-refractivity contribution is -0.138. The molecule has 0 radical (unpaired) electrons. The summed E-state index contributed by atoms with van der Waals surface area (Å²) in [6.45, 7) is 1.65. The van der Waals surface area contributed by atoms with Gasteiger partial charge in [0.25, 0.3) is 0 Å². The summed E-state index contributed by atoms with van der Waals surface area (Å²) < 4.78 is 10.1. The zero-order valence-electron chi connectivity index (χ0n) is 12.8. The number of esters is 2. The van der Waals surface area contributed by atoms with Crippen LogP contribution in [0.15, 0.2) is 22.9 Å². The Morgan fingerprint density at radius 3 is 2.83 bits per heavy atom. The first kappa shape index (κ1) is 17.7. The molecule has 2 heterocycles. The molecule has 0 aliphatic rings. The molecule has 2 aromatic rings. The third-order valence-electron chi connectivity index (χ3n) is 2.92. The molecule has 2 rings (SSSR count). The summed E-state index contributed by atoms with van der Waals surface area (Å²) in [5.74, 6) is -1.17. The van der Waals surface area contributed by atoms with Gasteiger partial charge in [-0.05, 0) is 35.4 Å². The summed E-state index contributed by atoms with van der Waals surface area (Å²) in [7, 11) is 0. The molecule has 0 aliphatic carbocycles. The highest BCUT2D eigenvalue weighted by Crippen LogP contribution is 2.31. The molecule has 0 atom stereocenters. The van der Waals surface area contributed by atoms with E-state index in [2.05, 4.69) is 0 Å². The fraction of sp³-hybridized carbons (Fsp3) is 0.188. The van der Waals surface area contributed by atoms with E-state index < -0.39 is 11.9 Å². The molecule has 24 heavy (non-hydrogen) atoms.